The quantitative estimate of drug-likeness (QED) is 0.314. The lowest BCUT2D eigenvalue weighted by atomic mass is 10.2. The third-order valence-corrected chi connectivity index (χ3v) is 0.800. The van der Waals surface area contributed by atoms with Crippen LogP contribution in [-0.2, 0) is 0 Å². The normalized spacial score (nSPS) is 16.7. The minimum atomic E-state index is 0.822. The van der Waals surface area contributed by atoms with E-state index in [0.717, 1.165) is 5.57 Å². The van der Waals surface area contributed by atoms with Crippen molar-refractivity contribution >= 4 is 0 Å². The molecule has 0 aromatic carbocycles. The monoisotopic (exact) mass is 91.1 g/mol. The van der Waals surface area contributed by atoms with E-state index in [9.17, 15) is 0 Å². The van der Waals surface area contributed by atoms with Crippen LogP contribution in [0.25, 0.3) is 0 Å². The molecule has 0 spiro atoms. The first-order valence-electron chi connectivity index (χ1n) is 2.20. The molecule has 0 heteroatoms. The smallest absolute Gasteiger partial charge is 0.0324 e. The Morgan fingerprint density at radius 1 is 1.29 bits per heavy atom. The molecule has 0 amide bonds. The fraction of sp³-hybridized carbons (Fsp3) is 0. The van der Waals surface area contributed by atoms with E-state index in [1.807, 2.05) is 30.7 Å². The van der Waals surface area contributed by atoms with Crippen LogP contribution in [-0.4, -0.2) is 0 Å². The molecule has 0 atom stereocenters. The number of rotatable bonds is 0. The zero-order valence-corrected chi connectivity index (χ0v) is 3.96. The van der Waals surface area contributed by atoms with Gasteiger partial charge in [0.25, 0.3) is 0 Å². The highest BCUT2D eigenvalue weighted by molar-refractivity contribution is 5.35. The molecule has 34 valence electrons. The molecule has 0 aromatic rings. The van der Waals surface area contributed by atoms with E-state index in [2.05, 4.69) is 0 Å². The van der Waals surface area contributed by atoms with Crippen LogP contribution in [0.2, 0.25) is 0 Å². The Morgan fingerprint density at radius 3 is 2.14 bits per heavy atom. The van der Waals surface area contributed by atoms with Crippen molar-refractivity contribution in [2.75, 3.05) is 0 Å². The molecule has 0 saturated heterocycles. The molecule has 0 aromatic heterocycles. The lowest BCUT2D eigenvalue weighted by molar-refractivity contribution is 1.59. The summed E-state index contributed by atoms with van der Waals surface area (Å²) >= 11 is 0. The fourth-order valence-electron chi connectivity index (χ4n) is 0.453. The van der Waals surface area contributed by atoms with Crippen molar-refractivity contribution in [3.05, 3.63) is 42.9 Å². The molecule has 0 bridgehead atoms. The first-order valence-corrected chi connectivity index (χ1v) is 2.20. The Balaban J connectivity index is 2.66. The van der Waals surface area contributed by atoms with E-state index >= 15 is 0 Å². The van der Waals surface area contributed by atoms with Crippen molar-refractivity contribution in [3.8, 4) is 0 Å². The van der Waals surface area contributed by atoms with Crippen LogP contribution in [0.4, 0.5) is 0 Å². The summed E-state index contributed by atoms with van der Waals surface area (Å²) in [6.07, 6.45) is 9.49. The summed E-state index contributed by atoms with van der Waals surface area (Å²) in [6, 6.07) is 0. The molecule has 0 nitrogen and oxygen atoms in total. The summed E-state index contributed by atoms with van der Waals surface area (Å²) in [6.45, 7) is 5.36. The van der Waals surface area contributed by atoms with E-state index in [-0.39, 0.29) is 0 Å². The molecule has 0 fully saturated rings. The van der Waals surface area contributed by atoms with Crippen molar-refractivity contribution < 1.29 is 0 Å². The fourth-order valence-corrected chi connectivity index (χ4v) is 0.453. The van der Waals surface area contributed by atoms with Crippen LogP contribution in [0.15, 0.2) is 29.9 Å². The van der Waals surface area contributed by atoms with Crippen LogP contribution >= 0.6 is 0 Å². The van der Waals surface area contributed by atoms with Crippen molar-refractivity contribution in [1.82, 2.24) is 0 Å². The highest BCUT2D eigenvalue weighted by Crippen LogP contribution is 2.02. The molecule has 0 saturated carbocycles. The van der Waals surface area contributed by atoms with Crippen molar-refractivity contribution in [1.29, 1.82) is 0 Å². The van der Waals surface area contributed by atoms with Gasteiger partial charge in [-0.05, 0) is 5.57 Å². The molecular formula is C7H6. The van der Waals surface area contributed by atoms with Crippen LogP contribution in [0.1, 0.15) is 0 Å². The van der Waals surface area contributed by atoms with Crippen molar-refractivity contribution in [2.24, 2.45) is 0 Å². The van der Waals surface area contributed by atoms with Crippen molar-refractivity contribution in [2.45, 2.75) is 0 Å². The average Bonchev–Trinajstić information content (AvgIpc) is 1.69. The van der Waals surface area contributed by atoms with Gasteiger partial charge in [-0.2, -0.15) is 18.6 Å². The van der Waals surface area contributed by atoms with Crippen LogP contribution in [0.5, 0.6) is 0 Å². The molecule has 7 heavy (non-hydrogen) atoms. The first-order chi connectivity index (χ1) is 3.39. The molecule has 0 radical (unpaired) electrons. The zero-order valence-electron chi connectivity index (χ0n) is 3.96. The summed E-state index contributed by atoms with van der Waals surface area (Å²) in [5, 5.41) is 0. The summed E-state index contributed by atoms with van der Waals surface area (Å²) < 4.78 is 0. The Bertz CT molecular complexity index is 113. The Kier molecular flexibility index (Phi) is 0.972. The van der Waals surface area contributed by atoms with E-state index in [4.69, 9.17) is 6.58 Å². The summed E-state index contributed by atoms with van der Waals surface area (Å²) in [5.74, 6) is 0. The Labute approximate surface area is 43.9 Å². The minimum Gasteiger partial charge on any atom is -0.170 e. The molecule has 0 N–H and O–H groups in total. The molecule has 1 rings (SSSR count). The third-order valence-electron chi connectivity index (χ3n) is 0.800. The molecule has 0 unspecified atom stereocenters. The first kappa shape index (κ1) is 4.17. The highest BCUT2D eigenvalue weighted by Gasteiger charge is 1.76. The van der Waals surface area contributed by atoms with Gasteiger partial charge in [0.2, 0.25) is 0 Å². The zero-order chi connectivity index (χ0) is 5.11. The Hall–Kier alpha value is -1.00. The SMILES string of the molecule is [13CH+]=C1C=C[CH-]C=C1. The van der Waals surface area contributed by atoms with Gasteiger partial charge in [-0.1, -0.05) is 6.58 Å². The second kappa shape index (κ2) is 1.63. The van der Waals surface area contributed by atoms with Gasteiger partial charge in [-0.15, -0.1) is 12.2 Å². The molecule has 1 aliphatic carbocycles. The molecule has 1 aliphatic rings. The van der Waals surface area contributed by atoms with Gasteiger partial charge in [0.15, 0.2) is 0 Å². The van der Waals surface area contributed by atoms with Gasteiger partial charge in [0.05, 0.1) is 0 Å². The van der Waals surface area contributed by atoms with Gasteiger partial charge in [0, 0.05) is 0 Å². The number of hydrogen-bond donors (Lipinski definition) is 0. The van der Waals surface area contributed by atoms with Gasteiger partial charge < -0.3 is 0 Å². The van der Waals surface area contributed by atoms with Crippen LogP contribution < -0.4 is 0 Å². The second-order valence-electron chi connectivity index (χ2n) is 1.41. The maximum atomic E-state index is 5.36. The standard InChI is InChI=1S/C7H6/c1-7-5-3-2-4-6-7/h1-6H/i1+1. The summed E-state index contributed by atoms with van der Waals surface area (Å²) in [4.78, 5) is 0. The summed E-state index contributed by atoms with van der Waals surface area (Å²) in [5.41, 5.74) is 0.822. The maximum Gasteiger partial charge on any atom is -0.0324 e. The topological polar surface area (TPSA) is 0 Å². The lowest BCUT2D eigenvalue weighted by Gasteiger charge is -2.00. The van der Waals surface area contributed by atoms with Crippen LogP contribution in [0, 0.1) is 13.0 Å². The van der Waals surface area contributed by atoms with Gasteiger partial charge in [-0.25, -0.2) is 0 Å². The molecule has 0 aliphatic heterocycles. The van der Waals surface area contributed by atoms with E-state index in [0.29, 0.717) is 0 Å². The van der Waals surface area contributed by atoms with E-state index < -0.39 is 0 Å². The average molecular weight is 91.1 g/mol. The predicted octanol–water partition coefficient (Wildman–Crippen LogP) is 1.68. The van der Waals surface area contributed by atoms with Crippen molar-refractivity contribution in [3.63, 3.8) is 0 Å². The largest absolute Gasteiger partial charge is 0.170 e. The van der Waals surface area contributed by atoms with E-state index in [1.54, 1.807) is 0 Å². The highest BCUT2D eigenvalue weighted by atomic mass is 14.0. The van der Waals surface area contributed by atoms with Gasteiger partial charge in [0.1, 0.15) is 0 Å². The molecule has 0 heterocycles. The lowest BCUT2D eigenvalue weighted by Crippen LogP contribution is -1.73. The summed E-state index contributed by atoms with van der Waals surface area (Å²) in [7, 11) is 0. The van der Waals surface area contributed by atoms with Crippen LogP contribution in [0.3, 0.4) is 0 Å². The maximum absolute atomic E-state index is 5.36. The Morgan fingerprint density at radius 2 is 1.86 bits per heavy atom. The number of hydrogen-bond acceptors (Lipinski definition) is 0. The molecular weight excluding hydrogens is 85.1 g/mol. The van der Waals surface area contributed by atoms with Gasteiger partial charge >= 0.3 is 0 Å². The predicted molar refractivity (Wildman–Crippen MR) is 30.4 cm³/mol. The second-order valence-corrected chi connectivity index (χ2v) is 1.41. The minimum absolute atomic E-state index is 0.822. The van der Waals surface area contributed by atoms with Gasteiger partial charge in [-0.3, -0.25) is 0 Å². The van der Waals surface area contributed by atoms with E-state index in [1.165, 1.54) is 0 Å². The number of allylic oxidation sites excluding steroid dienone is 5. The third kappa shape index (κ3) is 0.918.